The molecule has 21 heavy (non-hydrogen) atoms. The van der Waals surface area contributed by atoms with Gasteiger partial charge in [-0.25, -0.2) is 0 Å². The molecule has 6 heteroatoms. The largest absolute Gasteiger partial charge is 0.416 e. The van der Waals surface area contributed by atoms with Crippen molar-refractivity contribution >= 4 is 12.4 Å². The quantitative estimate of drug-likeness (QED) is 0.825. The lowest BCUT2D eigenvalue weighted by Crippen LogP contribution is -2.64. The number of rotatable bonds is 1. The number of hydrogen-bond donors (Lipinski definition) is 2. The molecule has 3 atom stereocenters. The molecule has 0 bridgehead atoms. The van der Waals surface area contributed by atoms with E-state index in [9.17, 15) is 13.2 Å². The number of nitrogens with two attached hydrogens (primary N) is 2. The first-order chi connectivity index (χ1) is 9.03. The van der Waals surface area contributed by atoms with E-state index in [2.05, 4.69) is 0 Å². The smallest absolute Gasteiger partial charge is 0.324 e. The molecule has 1 aliphatic carbocycles. The average molecular weight is 323 g/mol. The minimum atomic E-state index is -4.31. The molecule has 0 aromatic heterocycles. The first-order valence-corrected chi connectivity index (χ1v) is 6.78. The standard InChI is InChI=1S/C15H21F3N2.ClH/c1-13(19)7-6-11(9-14(13,2)20)10-4-3-5-12(8-10)15(16,17)18;/h3-5,8,11H,6-7,9,19-20H2,1-2H3;1H. The zero-order valence-corrected chi connectivity index (χ0v) is 13.0. The van der Waals surface area contributed by atoms with Crippen LogP contribution < -0.4 is 11.5 Å². The molecular formula is C15H22ClF3N2. The molecule has 2 rings (SSSR count). The van der Waals surface area contributed by atoms with Gasteiger partial charge in [-0.3, -0.25) is 0 Å². The van der Waals surface area contributed by atoms with E-state index in [0.29, 0.717) is 18.4 Å². The van der Waals surface area contributed by atoms with Crippen LogP contribution >= 0.6 is 12.4 Å². The molecular weight excluding hydrogens is 301 g/mol. The lowest BCUT2D eigenvalue weighted by molar-refractivity contribution is -0.137. The van der Waals surface area contributed by atoms with Crippen LogP contribution in [0.5, 0.6) is 0 Å². The third-order valence-corrected chi connectivity index (χ3v) is 4.67. The predicted octanol–water partition coefficient (Wildman–Crippen LogP) is 3.83. The molecule has 1 fully saturated rings. The Hall–Kier alpha value is -0.780. The third kappa shape index (κ3) is 3.71. The summed E-state index contributed by atoms with van der Waals surface area (Å²) in [6.07, 6.45) is -2.23. The first-order valence-electron chi connectivity index (χ1n) is 6.78. The minimum Gasteiger partial charge on any atom is -0.324 e. The molecule has 1 aromatic carbocycles. The van der Waals surface area contributed by atoms with E-state index >= 15 is 0 Å². The average Bonchev–Trinajstić information content (AvgIpc) is 2.32. The number of halogens is 4. The number of hydrogen-bond acceptors (Lipinski definition) is 2. The molecule has 2 nitrogen and oxygen atoms in total. The Kier molecular flexibility index (Phi) is 5.03. The zero-order valence-electron chi connectivity index (χ0n) is 12.2. The second-order valence-electron chi connectivity index (χ2n) is 6.40. The summed E-state index contributed by atoms with van der Waals surface area (Å²) in [7, 11) is 0. The van der Waals surface area contributed by atoms with Gasteiger partial charge in [0.25, 0.3) is 0 Å². The Balaban J connectivity index is 0.00000220. The topological polar surface area (TPSA) is 52.0 Å². The molecule has 0 amide bonds. The van der Waals surface area contributed by atoms with Crippen LogP contribution in [0.3, 0.4) is 0 Å². The van der Waals surface area contributed by atoms with Gasteiger partial charge in [-0.2, -0.15) is 13.2 Å². The van der Waals surface area contributed by atoms with Crippen LogP contribution in [0, 0.1) is 0 Å². The summed E-state index contributed by atoms with van der Waals surface area (Å²) in [5.41, 5.74) is 11.5. The van der Waals surface area contributed by atoms with Crippen molar-refractivity contribution in [1.82, 2.24) is 0 Å². The molecule has 1 saturated carbocycles. The summed E-state index contributed by atoms with van der Waals surface area (Å²) in [6.45, 7) is 3.79. The first kappa shape index (κ1) is 18.3. The van der Waals surface area contributed by atoms with Gasteiger partial charge in [0.2, 0.25) is 0 Å². The van der Waals surface area contributed by atoms with Gasteiger partial charge >= 0.3 is 6.18 Å². The summed E-state index contributed by atoms with van der Waals surface area (Å²) >= 11 is 0. The van der Waals surface area contributed by atoms with Crippen LogP contribution in [0.15, 0.2) is 24.3 Å². The molecule has 0 saturated heterocycles. The fourth-order valence-corrected chi connectivity index (χ4v) is 2.86. The maximum atomic E-state index is 12.8. The third-order valence-electron chi connectivity index (χ3n) is 4.67. The van der Waals surface area contributed by atoms with Crippen LogP contribution in [-0.2, 0) is 6.18 Å². The monoisotopic (exact) mass is 322 g/mol. The Morgan fingerprint density at radius 2 is 1.76 bits per heavy atom. The van der Waals surface area contributed by atoms with E-state index in [1.165, 1.54) is 12.1 Å². The Morgan fingerprint density at radius 1 is 1.14 bits per heavy atom. The molecule has 1 aliphatic rings. The van der Waals surface area contributed by atoms with Crippen molar-refractivity contribution in [3.8, 4) is 0 Å². The van der Waals surface area contributed by atoms with E-state index in [1.807, 2.05) is 13.8 Å². The van der Waals surface area contributed by atoms with Crippen LogP contribution in [0.1, 0.15) is 50.2 Å². The molecule has 1 aromatic rings. The second-order valence-corrected chi connectivity index (χ2v) is 6.40. The highest BCUT2D eigenvalue weighted by Gasteiger charge is 2.44. The summed E-state index contributed by atoms with van der Waals surface area (Å²) in [4.78, 5) is 0. The Morgan fingerprint density at radius 3 is 2.29 bits per heavy atom. The van der Waals surface area contributed by atoms with Crippen LogP contribution in [0.2, 0.25) is 0 Å². The van der Waals surface area contributed by atoms with E-state index < -0.39 is 22.8 Å². The molecule has 0 aliphatic heterocycles. The van der Waals surface area contributed by atoms with Crippen LogP contribution in [0.4, 0.5) is 13.2 Å². The van der Waals surface area contributed by atoms with E-state index in [4.69, 9.17) is 11.5 Å². The van der Waals surface area contributed by atoms with Crippen LogP contribution in [-0.4, -0.2) is 11.1 Å². The maximum Gasteiger partial charge on any atom is 0.416 e. The van der Waals surface area contributed by atoms with Crippen molar-refractivity contribution in [3.63, 3.8) is 0 Å². The van der Waals surface area contributed by atoms with Crippen LogP contribution in [0.25, 0.3) is 0 Å². The molecule has 4 N–H and O–H groups in total. The van der Waals surface area contributed by atoms with Gasteiger partial charge in [0.15, 0.2) is 0 Å². The summed E-state index contributed by atoms with van der Waals surface area (Å²) in [5, 5.41) is 0. The predicted molar refractivity (Wildman–Crippen MR) is 80.5 cm³/mol. The number of alkyl halides is 3. The lowest BCUT2D eigenvalue weighted by Gasteiger charge is -2.48. The molecule has 0 spiro atoms. The van der Waals surface area contributed by atoms with Gasteiger partial charge in [0.05, 0.1) is 5.56 Å². The van der Waals surface area contributed by atoms with Crippen molar-refractivity contribution in [2.24, 2.45) is 11.5 Å². The Bertz CT molecular complexity index is 498. The summed E-state index contributed by atoms with van der Waals surface area (Å²) < 4.78 is 38.3. The second kappa shape index (κ2) is 5.78. The van der Waals surface area contributed by atoms with Crippen molar-refractivity contribution in [2.75, 3.05) is 0 Å². The van der Waals surface area contributed by atoms with Gasteiger partial charge in [0, 0.05) is 11.1 Å². The van der Waals surface area contributed by atoms with E-state index in [1.54, 1.807) is 6.07 Å². The van der Waals surface area contributed by atoms with Crippen molar-refractivity contribution in [2.45, 2.75) is 56.3 Å². The highest BCUT2D eigenvalue weighted by atomic mass is 35.5. The summed E-state index contributed by atoms with van der Waals surface area (Å²) in [5.74, 6) is 0.0314. The van der Waals surface area contributed by atoms with E-state index in [-0.39, 0.29) is 18.3 Å². The van der Waals surface area contributed by atoms with E-state index in [0.717, 1.165) is 12.5 Å². The number of benzene rings is 1. The molecule has 0 heterocycles. The van der Waals surface area contributed by atoms with Gasteiger partial charge in [-0.05, 0) is 50.7 Å². The molecule has 0 radical (unpaired) electrons. The molecule has 3 unspecified atom stereocenters. The SMILES string of the molecule is CC1(N)CCC(c2cccc(C(F)(F)F)c2)CC1(C)N.Cl. The molecule has 120 valence electrons. The van der Waals surface area contributed by atoms with Gasteiger partial charge < -0.3 is 11.5 Å². The van der Waals surface area contributed by atoms with Gasteiger partial charge in [-0.15, -0.1) is 12.4 Å². The fraction of sp³-hybridized carbons (Fsp3) is 0.600. The minimum absolute atomic E-state index is 0. The van der Waals surface area contributed by atoms with Crippen molar-refractivity contribution < 1.29 is 13.2 Å². The summed E-state index contributed by atoms with van der Waals surface area (Å²) in [6, 6.07) is 5.54. The van der Waals surface area contributed by atoms with Gasteiger partial charge in [-0.1, -0.05) is 18.2 Å². The Labute approximate surface area is 129 Å². The highest BCUT2D eigenvalue weighted by Crippen LogP contribution is 2.42. The van der Waals surface area contributed by atoms with Gasteiger partial charge in [0.1, 0.15) is 0 Å². The van der Waals surface area contributed by atoms with Crippen molar-refractivity contribution in [3.05, 3.63) is 35.4 Å². The van der Waals surface area contributed by atoms with Crippen molar-refractivity contribution in [1.29, 1.82) is 0 Å². The zero-order chi connectivity index (χ0) is 15.2. The normalized spacial score (nSPS) is 33.4. The lowest BCUT2D eigenvalue weighted by atomic mass is 9.65. The fourth-order valence-electron chi connectivity index (χ4n) is 2.86. The highest BCUT2D eigenvalue weighted by molar-refractivity contribution is 5.85. The maximum absolute atomic E-state index is 12.8.